The van der Waals surface area contributed by atoms with Gasteiger partial charge in [-0.15, -0.1) is 17.0 Å². The van der Waals surface area contributed by atoms with Gasteiger partial charge in [-0.3, -0.25) is 0 Å². The van der Waals surface area contributed by atoms with Crippen molar-refractivity contribution in [2.45, 2.75) is 12.8 Å². The summed E-state index contributed by atoms with van der Waals surface area (Å²) in [7, 11) is 1.78. The van der Waals surface area contributed by atoms with E-state index < -0.39 is 0 Å². The summed E-state index contributed by atoms with van der Waals surface area (Å²) < 4.78 is 5.05. The summed E-state index contributed by atoms with van der Waals surface area (Å²) in [6, 6.07) is 0. The standard InChI is InChI=1S/C7H15NO.BrH/c1-9-6-7-2-4-8-5-3-7;/h7-8H,2-6H2,1H3;1H. The maximum atomic E-state index is 5.05. The first-order chi connectivity index (χ1) is 4.43. The van der Waals surface area contributed by atoms with Gasteiger partial charge in [0.25, 0.3) is 0 Å². The predicted molar refractivity (Wildman–Crippen MR) is 47.8 cm³/mol. The van der Waals surface area contributed by atoms with Gasteiger partial charge in [0, 0.05) is 13.7 Å². The molecular formula is C7H16BrNO. The van der Waals surface area contributed by atoms with E-state index in [-0.39, 0.29) is 17.0 Å². The molecule has 1 heterocycles. The van der Waals surface area contributed by atoms with E-state index in [1.54, 1.807) is 7.11 Å². The smallest absolute Gasteiger partial charge is 0.0491 e. The molecule has 0 amide bonds. The van der Waals surface area contributed by atoms with Crippen LogP contribution in [0.2, 0.25) is 0 Å². The molecule has 1 saturated heterocycles. The highest BCUT2D eigenvalue weighted by molar-refractivity contribution is 8.93. The van der Waals surface area contributed by atoms with Crippen LogP contribution in [0.25, 0.3) is 0 Å². The van der Waals surface area contributed by atoms with Crippen LogP contribution in [0.3, 0.4) is 0 Å². The van der Waals surface area contributed by atoms with Gasteiger partial charge in [-0.2, -0.15) is 0 Å². The third kappa shape index (κ3) is 3.54. The molecule has 3 heteroatoms. The maximum Gasteiger partial charge on any atom is 0.0491 e. The maximum absolute atomic E-state index is 5.05. The summed E-state index contributed by atoms with van der Waals surface area (Å²) in [6.07, 6.45) is 2.57. The largest absolute Gasteiger partial charge is 0.384 e. The molecule has 0 radical (unpaired) electrons. The van der Waals surface area contributed by atoms with E-state index >= 15 is 0 Å². The Morgan fingerprint density at radius 3 is 2.50 bits per heavy atom. The highest BCUT2D eigenvalue weighted by atomic mass is 79.9. The number of hydrogen-bond acceptors (Lipinski definition) is 2. The molecule has 1 fully saturated rings. The molecule has 0 saturated carbocycles. The van der Waals surface area contributed by atoms with Crippen LogP contribution >= 0.6 is 17.0 Å². The molecule has 0 aromatic carbocycles. The van der Waals surface area contributed by atoms with E-state index in [1.165, 1.54) is 25.9 Å². The Morgan fingerprint density at radius 2 is 2.00 bits per heavy atom. The van der Waals surface area contributed by atoms with Gasteiger partial charge >= 0.3 is 0 Å². The molecule has 0 spiro atoms. The third-order valence-corrected chi connectivity index (χ3v) is 1.86. The van der Waals surface area contributed by atoms with E-state index in [4.69, 9.17) is 4.74 Å². The van der Waals surface area contributed by atoms with Gasteiger partial charge in [0.15, 0.2) is 0 Å². The molecule has 1 aliphatic heterocycles. The van der Waals surface area contributed by atoms with Crippen LogP contribution in [0.5, 0.6) is 0 Å². The molecule has 0 unspecified atom stereocenters. The first-order valence-electron chi connectivity index (χ1n) is 3.63. The minimum Gasteiger partial charge on any atom is -0.384 e. The summed E-state index contributed by atoms with van der Waals surface area (Å²) in [5, 5.41) is 3.32. The molecule has 0 atom stereocenters. The number of piperidine rings is 1. The Labute approximate surface area is 73.1 Å². The van der Waals surface area contributed by atoms with Gasteiger partial charge in [-0.25, -0.2) is 0 Å². The van der Waals surface area contributed by atoms with Gasteiger partial charge in [-0.1, -0.05) is 0 Å². The Bertz CT molecular complexity index is 71.3. The Balaban J connectivity index is 0.000000810. The molecule has 10 heavy (non-hydrogen) atoms. The lowest BCUT2D eigenvalue weighted by molar-refractivity contribution is 0.135. The summed E-state index contributed by atoms with van der Waals surface area (Å²) in [4.78, 5) is 0. The second kappa shape index (κ2) is 6.13. The van der Waals surface area contributed by atoms with Crippen LogP contribution in [-0.2, 0) is 4.74 Å². The van der Waals surface area contributed by atoms with E-state index in [0.717, 1.165) is 12.5 Å². The Kier molecular flexibility index (Phi) is 6.38. The van der Waals surface area contributed by atoms with Gasteiger partial charge in [0.05, 0.1) is 0 Å². The number of methoxy groups -OCH3 is 1. The zero-order valence-electron chi connectivity index (χ0n) is 6.43. The molecule has 1 N–H and O–H groups in total. The van der Waals surface area contributed by atoms with Crippen molar-refractivity contribution >= 4 is 17.0 Å². The van der Waals surface area contributed by atoms with Crippen molar-refractivity contribution in [1.82, 2.24) is 5.32 Å². The van der Waals surface area contributed by atoms with E-state index in [1.807, 2.05) is 0 Å². The van der Waals surface area contributed by atoms with Crippen LogP contribution in [0.15, 0.2) is 0 Å². The lowest BCUT2D eigenvalue weighted by Gasteiger charge is -2.21. The van der Waals surface area contributed by atoms with E-state index in [0.29, 0.717) is 0 Å². The predicted octanol–water partition coefficient (Wildman–Crippen LogP) is 1.21. The second-order valence-electron chi connectivity index (χ2n) is 2.65. The molecule has 62 valence electrons. The van der Waals surface area contributed by atoms with Gasteiger partial charge in [0.1, 0.15) is 0 Å². The number of hydrogen-bond donors (Lipinski definition) is 1. The monoisotopic (exact) mass is 209 g/mol. The summed E-state index contributed by atoms with van der Waals surface area (Å²) in [6.45, 7) is 3.30. The van der Waals surface area contributed by atoms with E-state index in [2.05, 4.69) is 5.32 Å². The second-order valence-corrected chi connectivity index (χ2v) is 2.65. The van der Waals surface area contributed by atoms with E-state index in [9.17, 15) is 0 Å². The van der Waals surface area contributed by atoms with Crippen molar-refractivity contribution in [1.29, 1.82) is 0 Å². The summed E-state index contributed by atoms with van der Waals surface area (Å²) >= 11 is 0. The van der Waals surface area contributed by atoms with Crippen molar-refractivity contribution in [3.63, 3.8) is 0 Å². The molecule has 0 aliphatic carbocycles. The van der Waals surface area contributed by atoms with Crippen LogP contribution in [0.1, 0.15) is 12.8 Å². The SMILES string of the molecule is Br.COCC1CCNCC1. The average Bonchev–Trinajstić information content (AvgIpc) is 1.91. The number of nitrogens with one attached hydrogen (secondary N) is 1. The molecule has 0 aromatic heterocycles. The zero-order valence-corrected chi connectivity index (χ0v) is 8.14. The highest BCUT2D eigenvalue weighted by Crippen LogP contribution is 2.10. The van der Waals surface area contributed by atoms with Crippen molar-refractivity contribution < 1.29 is 4.74 Å². The molecule has 0 bridgehead atoms. The number of halogens is 1. The number of ether oxygens (including phenoxy) is 1. The minimum absolute atomic E-state index is 0. The number of rotatable bonds is 2. The van der Waals surface area contributed by atoms with Crippen LogP contribution in [0, 0.1) is 5.92 Å². The van der Waals surface area contributed by atoms with Crippen LogP contribution < -0.4 is 5.32 Å². The third-order valence-electron chi connectivity index (χ3n) is 1.86. The molecule has 1 rings (SSSR count). The lowest BCUT2D eigenvalue weighted by Crippen LogP contribution is -2.29. The zero-order chi connectivity index (χ0) is 6.53. The van der Waals surface area contributed by atoms with Crippen molar-refractivity contribution in [3.05, 3.63) is 0 Å². The fraction of sp³-hybridized carbons (Fsp3) is 1.00. The van der Waals surface area contributed by atoms with Gasteiger partial charge < -0.3 is 10.1 Å². The Hall–Kier alpha value is 0.400. The fourth-order valence-electron chi connectivity index (χ4n) is 1.28. The summed E-state index contributed by atoms with van der Waals surface area (Å²) in [5.41, 5.74) is 0. The van der Waals surface area contributed by atoms with Gasteiger partial charge in [-0.05, 0) is 31.8 Å². The van der Waals surface area contributed by atoms with Crippen molar-refractivity contribution in [2.75, 3.05) is 26.8 Å². The van der Waals surface area contributed by atoms with Crippen molar-refractivity contribution in [2.24, 2.45) is 5.92 Å². The molecule has 0 aromatic rings. The minimum atomic E-state index is 0. The molecule has 2 nitrogen and oxygen atoms in total. The normalized spacial score (nSPS) is 20.1. The van der Waals surface area contributed by atoms with Crippen molar-refractivity contribution in [3.8, 4) is 0 Å². The van der Waals surface area contributed by atoms with Crippen LogP contribution in [0.4, 0.5) is 0 Å². The van der Waals surface area contributed by atoms with Crippen LogP contribution in [-0.4, -0.2) is 26.8 Å². The molecular weight excluding hydrogens is 194 g/mol. The average molecular weight is 210 g/mol. The first kappa shape index (κ1) is 10.4. The molecule has 1 aliphatic rings. The Morgan fingerprint density at radius 1 is 1.40 bits per heavy atom. The van der Waals surface area contributed by atoms with Gasteiger partial charge in [0.2, 0.25) is 0 Å². The fourth-order valence-corrected chi connectivity index (χ4v) is 1.28. The topological polar surface area (TPSA) is 21.3 Å². The quantitative estimate of drug-likeness (QED) is 0.739. The first-order valence-corrected chi connectivity index (χ1v) is 3.63. The highest BCUT2D eigenvalue weighted by Gasteiger charge is 2.11. The lowest BCUT2D eigenvalue weighted by atomic mass is 10.00. The summed E-state index contributed by atoms with van der Waals surface area (Å²) in [5.74, 6) is 0.816.